The molecule has 1 aromatic heterocycles. The zero-order valence-electron chi connectivity index (χ0n) is 14.5. The number of anilines is 1. The quantitative estimate of drug-likeness (QED) is 0.473. The fourth-order valence-electron chi connectivity index (χ4n) is 3.20. The van der Waals surface area contributed by atoms with Crippen LogP contribution in [-0.2, 0) is 24.8 Å². The maximum atomic E-state index is 12.2. The molecule has 0 spiro atoms. The van der Waals surface area contributed by atoms with E-state index in [2.05, 4.69) is 11.9 Å². The van der Waals surface area contributed by atoms with Gasteiger partial charge in [0.2, 0.25) is 0 Å². The molecule has 11 heteroatoms. The number of aryl methyl sites for hydroxylation is 1. The van der Waals surface area contributed by atoms with Crippen molar-refractivity contribution in [2.24, 2.45) is 0 Å². The Morgan fingerprint density at radius 2 is 2.19 bits per heavy atom. The molecule has 26 heavy (non-hydrogen) atoms. The number of aromatic nitrogens is 2. The van der Waals surface area contributed by atoms with Gasteiger partial charge in [0.15, 0.2) is 6.23 Å². The minimum Gasteiger partial charge on any atom is -0.386 e. The first kappa shape index (κ1) is 19.5. The fourth-order valence-corrected chi connectivity index (χ4v) is 4.17. The van der Waals surface area contributed by atoms with E-state index < -0.39 is 38.1 Å². The van der Waals surface area contributed by atoms with Gasteiger partial charge in [0.05, 0.1) is 6.61 Å². The van der Waals surface area contributed by atoms with Gasteiger partial charge in [-0.3, -0.25) is 13.6 Å². The van der Waals surface area contributed by atoms with Crippen molar-refractivity contribution in [3.05, 3.63) is 22.2 Å². The van der Waals surface area contributed by atoms with E-state index in [1.807, 2.05) is 0 Å². The molecular weight excluding hydrogens is 365 g/mol. The molecule has 1 unspecified atom stereocenters. The van der Waals surface area contributed by atoms with Crippen LogP contribution in [0.3, 0.4) is 0 Å². The summed E-state index contributed by atoms with van der Waals surface area (Å²) in [6.07, 6.45) is 2.10. The summed E-state index contributed by atoms with van der Waals surface area (Å²) >= 11 is 0. The molecule has 10 nitrogen and oxygen atoms in total. The second-order valence-electron chi connectivity index (χ2n) is 6.54. The van der Waals surface area contributed by atoms with Crippen LogP contribution in [-0.4, -0.2) is 44.5 Å². The third-order valence-electron chi connectivity index (χ3n) is 4.60. The Morgan fingerprint density at radius 1 is 1.42 bits per heavy atom. The van der Waals surface area contributed by atoms with Gasteiger partial charge in [0, 0.05) is 11.8 Å². The van der Waals surface area contributed by atoms with E-state index in [0.29, 0.717) is 12.0 Å². The number of unbranched alkanes of at least 4 members (excludes halogenated alkanes) is 3. The lowest BCUT2D eigenvalue weighted by molar-refractivity contribution is -0.0685. The predicted molar refractivity (Wildman–Crippen MR) is 91.3 cm³/mol. The molecule has 0 amide bonds. The summed E-state index contributed by atoms with van der Waals surface area (Å²) in [5.41, 5.74) is 5.87. The highest BCUT2D eigenvalue weighted by atomic mass is 31.2. The molecule has 0 bridgehead atoms. The van der Waals surface area contributed by atoms with Crippen LogP contribution in [0.4, 0.5) is 5.82 Å². The van der Waals surface area contributed by atoms with Crippen molar-refractivity contribution in [2.75, 3.05) is 12.3 Å². The summed E-state index contributed by atoms with van der Waals surface area (Å²) in [7, 11) is -4.23. The van der Waals surface area contributed by atoms with Crippen LogP contribution in [0.5, 0.6) is 0 Å². The number of hydrogen-bond acceptors (Lipinski definition) is 8. The average Bonchev–Trinajstić information content (AvgIpc) is 2.89. The summed E-state index contributed by atoms with van der Waals surface area (Å²) in [5.74, 6) is 0.159. The Hall–Kier alpha value is -1.29. The molecule has 146 valence electrons. The summed E-state index contributed by atoms with van der Waals surface area (Å²) in [4.78, 5) is 25.5. The number of rotatable bonds is 6. The lowest BCUT2D eigenvalue weighted by Crippen LogP contribution is -2.40. The number of ether oxygens (including phenoxy) is 1. The Labute approximate surface area is 150 Å². The maximum Gasteiger partial charge on any atom is 0.472 e. The molecule has 0 aliphatic carbocycles. The molecule has 4 N–H and O–H groups in total. The molecule has 2 saturated heterocycles. The molecule has 3 rings (SSSR count). The SMILES string of the molecule is CCCCCCc1cn([C@@H]2O[C@@H]3COP(=O)(O)O[C@H]3[C@H]2O)c(=O)nc1N. The van der Waals surface area contributed by atoms with Crippen LogP contribution >= 0.6 is 7.82 Å². The number of phosphoric ester groups is 1. The minimum absolute atomic E-state index is 0.159. The summed E-state index contributed by atoms with van der Waals surface area (Å²) in [6.45, 7) is 1.90. The molecule has 3 heterocycles. The molecule has 2 fully saturated rings. The normalized spacial score (nSPS) is 34.0. The van der Waals surface area contributed by atoms with Crippen molar-refractivity contribution in [1.29, 1.82) is 0 Å². The molecular formula is C15H24N3O7P. The zero-order chi connectivity index (χ0) is 18.9. The maximum absolute atomic E-state index is 12.2. The Bertz CT molecular complexity index is 755. The van der Waals surface area contributed by atoms with E-state index in [1.54, 1.807) is 0 Å². The number of aliphatic hydroxyl groups is 1. The second-order valence-corrected chi connectivity index (χ2v) is 7.95. The van der Waals surface area contributed by atoms with Gasteiger partial charge in [-0.25, -0.2) is 9.36 Å². The van der Waals surface area contributed by atoms with E-state index in [0.717, 1.165) is 30.3 Å². The zero-order valence-corrected chi connectivity index (χ0v) is 15.4. The van der Waals surface area contributed by atoms with Crippen molar-refractivity contribution in [1.82, 2.24) is 9.55 Å². The lowest BCUT2D eigenvalue weighted by atomic mass is 10.1. The van der Waals surface area contributed by atoms with Gasteiger partial charge in [0.1, 0.15) is 24.1 Å². The van der Waals surface area contributed by atoms with E-state index in [1.165, 1.54) is 6.20 Å². The van der Waals surface area contributed by atoms with Crippen molar-refractivity contribution >= 4 is 13.6 Å². The second kappa shape index (κ2) is 7.75. The average molecular weight is 389 g/mol. The van der Waals surface area contributed by atoms with Crippen molar-refractivity contribution in [3.63, 3.8) is 0 Å². The van der Waals surface area contributed by atoms with Crippen LogP contribution in [0.2, 0.25) is 0 Å². The highest BCUT2D eigenvalue weighted by molar-refractivity contribution is 7.47. The van der Waals surface area contributed by atoms with Crippen molar-refractivity contribution < 1.29 is 28.3 Å². The van der Waals surface area contributed by atoms with Gasteiger partial charge in [-0.1, -0.05) is 26.2 Å². The number of nitrogens with two attached hydrogens (primary N) is 1. The Balaban J connectivity index is 1.80. The molecule has 2 aliphatic rings. The molecule has 0 saturated carbocycles. The Kier molecular flexibility index (Phi) is 5.81. The van der Waals surface area contributed by atoms with Gasteiger partial charge < -0.3 is 20.5 Å². The third kappa shape index (κ3) is 4.00. The van der Waals surface area contributed by atoms with Gasteiger partial charge in [-0.15, -0.1) is 0 Å². The third-order valence-corrected chi connectivity index (χ3v) is 5.59. The van der Waals surface area contributed by atoms with Crippen LogP contribution in [0.25, 0.3) is 0 Å². The van der Waals surface area contributed by atoms with Gasteiger partial charge in [-0.2, -0.15) is 4.98 Å². The van der Waals surface area contributed by atoms with Gasteiger partial charge in [-0.05, 0) is 12.8 Å². The first-order valence-corrected chi connectivity index (χ1v) is 10.2. The first-order valence-electron chi connectivity index (χ1n) is 8.69. The van der Waals surface area contributed by atoms with Crippen LogP contribution in [0.15, 0.2) is 11.0 Å². The summed E-state index contributed by atoms with van der Waals surface area (Å²) in [5, 5.41) is 10.4. The standard InChI is InChI=1S/C15H24N3O7P/c1-2-3-4-5-6-9-7-18(15(20)17-13(9)16)14-11(19)12-10(24-14)8-23-26(21,22)25-12/h7,10-12,14,19H,2-6,8H2,1H3,(H,21,22)(H2,16,17,20)/t10-,11-,12-,14-/m1/s1. The molecule has 5 atom stereocenters. The summed E-state index contributed by atoms with van der Waals surface area (Å²) in [6, 6.07) is 0. The number of aliphatic hydroxyl groups excluding tert-OH is 1. The number of nitrogen functional groups attached to an aromatic ring is 1. The monoisotopic (exact) mass is 389 g/mol. The van der Waals surface area contributed by atoms with Gasteiger partial charge in [0.25, 0.3) is 0 Å². The van der Waals surface area contributed by atoms with Crippen LogP contribution in [0.1, 0.15) is 44.4 Å². The minimum atomic E-state index is -4.23. The lowest BCUT2D eigenvalue weighted by Gasteiger charge is -2.27. The first-order chi connectivity index (χ1) is 12.3. The largest absolute Gasteiger partial charge is 0.472 e. The number of nitrogens with zero attached hydrogens (tertiary/aromatic N) is 2. The smallest absolute Gasteiger partial charge is 0.386 e. The summed E-state index contributed by atoms with van der Waals surface area (Å²) < 4.78 is 27.9. The van der Waals surface area contributed by atoms with E-state index in [4.69, 9.17) is 19.5 Å². The van der Waals surface area contributed by atoms with Crippen molar-refractivity contribution in [2.45, 2.75) is 63.6 Å². The van der Waals surface area contributed by atoms with E-state index >= 15 is 0 Å². The fraction of sp³-hybridized carbons (Fsp3) is 0.733. The predicted octanol–water partition coefficient (Wildman–Crippen LogP) is 0.722. The molecule has 0 aromatic carbocycles. The Morgan fingerprint density at radius 3 is 2.92 bits per heavy atom. The molecule has 0 radical (unpaired) electrons. The number of phosphoric acid groups is 1. The van der Waals surface area contributed by atoms with Crippen LogP contribution in [0, 0.1) is 0 Å². The molecule has 1 aromatic rings. The van der Waals surface area contributed by atoms with Gasteiger partial charge >= 0.3 is 13.5 Å². The number of hydrogen-bond donors (Lipinski definition) is 3. The molecule has 2 aliphatic heterocycles. The van der Waals surface area contributed by atoms with Crippen LogP contribution < -0.4 is 11.4 Å². The highest BCUT2D eigenvalue weighted by Crippen LogP contribution is 2.52. The van der Waals surface area contributed by atoms with E-state index in [9.17, 15) is 19.4 Å². The topological polar surface area (TPSA) is 146 Å². The number of fused-ring (bicyclic) bond motifs is 1. The van der Waals surface area contributed by atoms with E-state index in [-0.39, 0.29) is 12.4 Å². The highest BCUT2D eigenvalue weighted by Gasteiger charge is 2.52. The van der Waals surface area contributed by atoms with Crippen molar-refractivity contribution in [3.8, 4) is 0 Å².